The van der Waals surface area contributed by atoms with Crippen LogP contribution in [-0.4, -0.2) is 66.9 Å². The van der Waals surface area contributed by atoms with Gasteiger partial charge >= 0.3 is 0 Å². The summed E-state index contributed by atoms with van der Waals surface area (Å²) >= 11 is 0. The first-order valence-corrected chi connectivity index (χ1v) is 10.5. The van der Waals surface area contributed by atoms with E-state index in [0.717, 1.165) is 81.5 Å². The fourth-order valence-electron chi connectivity index (χ4n) is 4.12. The van der Waals surface area contributed by atoms with Gasteiger partial charge in [-0.25, -0.2) is 4.98 Å². The van der Waals surface area contributed by atoms with Crippen LogP contribution in [0, 0.1) is 5.92 Å². The molecule has 1 atom stereocenters. The SMILES string of the molecule is COc1ccc(-c2cnc3n2CC(C(=O)NCCCN2CCOCC2)CC3)cc1. The number of imidazole rings is 1. The number of morpholine rings is 1. The molecule has 29 heavy (non-hydrogen) atoms. The molecule has 1 aromatic carbocycles. The molecule has 0 bridgehead atoms. The lowest BCUT2D eigenvalue weighted by molar-refractivity contribution is -0.125. The van der Waals surface area contributed by atoms with Gasteiger partial charge in [0.25, 0.3) is 0 Å². The Hall–Kier alpha value is -2.38. The predicted octanol–water partition coefficient (Wildman–Crippen LogP) is 1.96. The van der Waals surface area contributed by atoms with Gasteiger partial charge in [0.15, 0.2) is 0 Å². The fraction of sp³-hybridized carbons (Fsp3) is 0.545. The molecule has 7 nitrogen and oxygen atoms in total. The van der Waals surface area contributed by atoms with E-state index in [1.165, 1.54) is 0 Å². The predicted molar refractivity (Wildman–Crippen MR) is 111 cm³/mol. The van der Waals surface area contributed by atoms with Crippen molar-refractivity contribution >= 4 is 5.91 Å². The highest BCUT2D eigenvalue weighted by atomic mass is 16.5. The first-order chi connectivity index (χ1) is 14.2. The molecule has 2 aromatic rings. The molecule has 2 aliphatic heterocycles. The number of fused-ring (bicyclic) bond motifs is 1. The van der Waals surface area contributed by atoms with Crippen LogP contribution in [0.4, 0.5) is 0 Å². The Balaban J connectivity index is 1.31. The molecule has 0 saturated carbocycles. The topological polar surface area (TPSA) is 68.6 Å². The number of aromatic nitrogens is 2. The van der Waals surface area contributed by atoms with Crippen LogP contribution in [0.1, 0.15) is 18.7 Å². The number of amides is 1. The molecule has 2 aliphatic rings. The van der Waals surface area contributed by atoms with Crippen molar-refractivity contribution in [2.24, 2.45) is 5.92 Å². The maximum atomic E-state index is 12.7. The third kappa shape index (κ3) is 4.79. The van der Waals surface area contributed by atoms with Crippen LogP contribution in [0.3, 0.4) is 0 Å². The number of ether oxygens (including phenoxy) is 2. The third-order valence-corrected chi connectivity index (χ3v) is 5.87. The minimum absolute atomic E-state index is 0.00270. The zero-order valence-electron chi connectivity index (χ0n) is 17.1. The monoisotopic (exact) mass is 398 g/mol. The molecule has 0 radical (unpaired) electrons. The Morgan fingerprint density at radius 1 is 1.28 bits per heavy atom. The van der Waals surface area contributed by atoms with Crippen molar-refractivity contribution in [1.82, 2.24) is 19.8 Å². The molecule has 1 saturated heterocycles. The molecule has 7 heteroatoms. The van der Waals surface area contributed by atoms with Gasteiger partial charge in [-0.1, -0.05) is 0 Å². The van der Waals surface area contributed by atoms with Crippen molar-refractivity contribution in [3.63, 3.8) is 0 Å². The zero-order chi connectivity index (χ0) is 20.1. The van der Waals surface area contributed by atoms with E-state index in [-0.39, 0.29) is 11.8 Å². The fourth-order valence-corrected chi connectivity index (χ4v) is 4.12. The van der Waals surface area contributed by atoms with Crippen molar-refractivity contribution in [2.75, 3.05) is 46.5 Å². The maximum absolute atomic E-state index is 12.7. The number of rotatable bonds is 7. The number of methoxy groups -OCH3 is 1. The number of aryl methyl sites for hydroxylation is 1. The van der Waals surface area contributed by atoms with E-state index >= 15 is 0 Å². The summed E-state index contributed by atoms with van der Waals surface area (Å²) in [6.45, 7) is 6.06. The summed E-state index contributed by atoms with van der Waals surface area (Å²) in [4.78, 5) is 19.7. The van der Waals surface area contributed by atoms with Gasteiger partial charge in [0.1, 0.15) is 11.6 Å². The summed E-state index contributed by atoms with van der Waals surface area (Å²) in [7, 11) is 1.67. The van der Waals surface area contributed by atoms with E-state index in [1.807, 2.05) is 30.5 Å². The largest absolute Gasteiger partial charge is 0.497 e. The van der Waals surface area contributed by atoms with Crippen LogP contribution in [-0.2, 0) is 22.5 Å². The smallest absolute Gasteiger partial charge is 0.224 e. The van der Waals surface area contributed by atoms with Gasteiger partial charge in [-0.2, -0.15) is 0 Å². The molecule has 1 fully saturated rings. The summed E-state index contributed by atoms with van der Waals surface area (Å²) < 4.78 is 12.8. The van der Waals surface area contributed by atoms with E-state index < -0.39 is 0 Å². The van der Waals surface area contributed by atoms with Crippen molar-refractivity contribution < 1.29 is 14.3 Å². The molecule has 1 unspecified atom stereocenters. The number of hydrogen-bond donors (Lipinski definition) is 1. The normalized spacial score (nSPS) is 19.6. The molecule has 1 amide bonds. The molecule has 0 aliphatic carbocycles. The first kappa shape index (κ1) is 19.9. The first-order valence-electron chi connectivity index (χ1n) is 10.5. The van der Waals surface area contributed by atoms with E-state index in [4.69, 9.17) is 9.47 Å². The van der Waals surface area contributed by atoms with Crippen molar-refractivity contribution in [3.05, 3.63) is 36.3 Å². The van der Waals surface area contributed by atoms with Gasteiger partial charge in [-0.05, 0) is 43.7 Å². The Morgan fingerprint density at radius 3 is 2.83 bits per heavy atom. The third-order valence-electron chi connectivity index (χ3n) is 5.87. The quantitative estimate of drug-likeness (QED) is 0.722. The highest BCUT2D eigenvalue weighted by Crippen LogP contribution is 2.28. The standard InChI is InChI=1S/C22H30N4O3/c1-28-19-6-3-17(4-7-19)20-15-24-21-8-5-18(16-26(20)21)22(27)23-9-2-10-25-11-13-29-14-12-25/h3-4,6-7,15,18H,2,5,8-14,16H2,1H3,(H,23,27). The lowest BCUT2D eigenvalue weighted by atomic mass is 9.98. The molecule has 1 N–H and O–H groups in total. The number of carbonyl (C=O) groups is 1. The minimum atomic E-state index is -0.00270. The number of carbonyl (C=O) groups excluding carboxylic acids is 1. The van der Waals surface area contributed by atoms with E-state index in [0.29, 0.717) is 6.54 Å². The second-order valence-electron chi connectivity index (χ2n) is 7.73. The number of hydrogen-bond acceptors (Lipinski definition) is 5. The van der Waals surface area contributed by atoms with Crippen LogP contribution in [0.5, 0.6) is 5.75 Å². The van der Waals surface area contributed by atoms with Gasteiger partial charge in [0.2, 0.25) is 5.91 Å². The van der Waals surface area contributed by atoms with Crippen LogP contribution in [0.25, 0.3) is 11.3 Å². The lowest BCUT2D eigenvalue weighted by Gasteiger charge is -2.27. The Bertz CT molecular complexity index is 812. The molecular weight excluding hydrogens is 368 g/mol. The molecular formula is C22H30N4O3. The van der Waals surface area contributed by atoms with Crippen molar-refractivity contribution in [2.45, 2.75) is 25.8 Å². The second kappa shape index (κ2) is 9.41. The maximum Gasteiger partial charge on any atom is 0.224 e. The van der Waals surface area contributed by atoms with E-state index in [9.17, 15) is 4.79 Å². The van der Waals surface area contributed by atoms with Crippen LogP contribution in [0.2, 0.25) is 0 Å². The molecule has 0 spiro atoms. The molecule has 156 valence electrons. The van der Waals surface area contributed by atoms with Gasteiger partial charge in [0.05, 0.1) is 38.1 Å². The summed E-state index contributed by atoms with van der Waals surface area (Å²) in [6, 6.07) is 7.99. The van der Waals surface area contributed by atoms with Crippen LogP contribution in [0.15, 0.2) is 30.5 Å². The summed E-state index contributed by atoms with van der Waals surface area (Å²) in [5.41, 5.74) is 2.16. The van der Waals surface area contributed by atoms with Gasteiger partial charge in [-0.3, -0.25) is 9.69 Å². The summed E-state index contributed by atoms with van der Waals surface area (Å²) in [5.74, 6) is 2.05. The highest BCUT2D eigenvalue weighted by Gasteiger charge is 2.27. The second-order valence-corrected chi connectivity index (χ2v) is 7.73. The number of nitrogens with one attached hydrogen (secondary N) is 1. The molecule has 4 rings (SSSR count). The van der Waals surface area contributed by atoms with Crippen LogP contribution >= 0.6 is 0 Å². The van der Waals surface area contributed by atoms with E-state index in [2.05, 4.69) is 19.8 Å². The van der Waals surface area contributed by atoms with Crippen molar-refractivity contribution in [3.8, 4) is 17.0 Å². The van der Waals surface area contributed by atoms with Crippen molar-refractivity contribution in [1.29, 1.82) is 0 Å². The van der Waals surface area contributed by atoms with Gasteiger partial charge in [0, 0.05) is 38.2 Å². The minimum Gasteiger partial charge on any atom is -0.497 e. The van der Waals surface area contributed by atoms with E-state index in [1.54, 1.807) is 7.11 Å². The lowest BCUT2D eigenvalue weighted by Crippen LogP contribution is -2.40. The Kier molecular flexibility index (Phi) is 6.46. The Labute approximate surface area is 172 Å². The van der Waals surface area contributed by atoms with Gasteiger partial charge < -0.3 is 19.4 Å². The molecule has 3 heterocycles. The van der Waals surface area contributed by atoms with Crippen LogP contribution < -0.4 is 10.1 Å². The summed E-state index contributed by atoms with van der Waals surface area (Å²) in [5, 5.41) is 3.14. The number of nitrogens with zero attached hydrogens (tertiary/aromatic N) is 3. The Morgan fingerprint density at radius 2 is 2.07 bits per heavy atom. The average molecular weight is 399 g/mol. The average Bonchev–Trinajstić information content (AvgIpc) is 3.20. The molecule has 1 aromatic heterocycles. The highest BCUT2D eigenvalue weighted by molar-refractivity contribution is 5.79. The number of benzene rings is 1. The zero-order valence-corrected chi connectivity index (χ0v) is 17.1. The summed E-state index contributed by atoms with van der Waals surface area (Å²) in [6.07, 6.45) is 4.59. The van der Waals surface area contributed by atoms with Gasteiger partial charge in [-0.15, -0.1) is 0 Å².